The maximum atomic E-state index is 11.8. The summed E-state index contributed by atoms with van der Waals surface area (Å²) in [5, 5.41) is 8.85. The minimum absolute atomic E-state index is 0.128. The third-order valence-electron chi connectivity index (χ3n) is 3.79. The first kappa shape index (κ1) is 16.5. The number of rotatable bonds is 6. The van der Waals surface area contributed by atoms with Crippen molar-refractivity contribution in [1.82, 2.24) is 4.57 Å². The standard InChI is InChI=1S/C19H16N2O4/c20-12-14-5-3-6-15(11-14)13-24-18(22)9-4-10-21-16-7-1-2-8-17(16)25-19(21)23/h1-3,5-8,11H,4,9-10,13H2. The number of hydrogen-bond donors (Lipinski definition) is 0. The van der Waals surface area contributed by atoms with Crippen LogP contribution in [0.25, 0.3) is 11.1 Å². The minimum Gasteiger partial charge on any atom is -0.461 e. The second-order valence-corrected chi connectivity index (χ2v) is 5.56. The molecule has 0 fully saturated rings. The Morgan fingerprint density at radius 2 is 2.04 bits per heavy atom. The van der Waals surface area contributed by atoms with Gasteiger partial charge in [-0.05, 0) is 36.2 Å². The quantitative estimate of drug-likeness (QED) is 0.646. The van der Waals surface area contributed by atoms with Crippen LogP contribution in [-0.2, 0) is 22.7 Å². The van der Waals surface area contributed by atoms with Crippen LogP contribution in [0, 0.1) is 11.3 Å². The van der Waals surface area contributed by atoms with Gasteiger partial charge in [0.15, 0.2) is 5.58 Å². The van der Waals surface area contributed by atoms with Gasteiger partial charge in [-0.1, -0.05) is 24.3 Å². The second kappa shape index (κ2) is 7.49. The number of carbonyl (C=O) groups is 1. The highest BCUT2D eigenvalue weighted by Gasteiger charge is 2.10. The van der Waals surface area contributed by atoms with Crippen molar-refractivity contribution in [2.75, 3.05) is 0 Å². The summed E-state index contributed by atoms with van der Waals surface area (Å²) in [5.41, 5.74) is 2.55. The molecule has 0 saturated heterocycles. The Morgan fingerprint density at radius 1 is 1.20 bits per heavy atom. The molecular formula is C19H16N2O4. The Hall–Kier alpha value is -3.33. The smallest absolute Gasteiger partial charge is 0.419 e. The third-order valence-corrected chi connectivity index (χ3v) is 3.79. The highest BCUT2D eigenvalue weighted by atomic mass is 16.5. The van der Waals surface area contributed by atoms with E-state index in [1.165, 1.54) is 4.57 Å². The van der Waals surface area contributed by atoms with Gasteiger partial charge in [0.1, 0.15) is 6.61 Å². The molecule has 0 aliphatic rings. The number of carbonyl (C=O) groups excluding carboxylic acids is 1. The van der Waals surface area contributed by atoms with Gasteiger partial charge in [-0.3, -0.25) is 9.36 Å². The van der Waals surface area contributed by atoms with E-state index in [1.807, 2.05) is 12.1 Å². The Morgan fingerprint density at radius 3 is 2.88 bits per heavy atom. The number of ether oxygens (including phenoxy) is 1. The SMILES string of the molecule is N#Cc1cccc(COC(=O)CCCn2c(=O)oc3ccccc32)c1. The zero-order chi connectivity index (χ0) is 17.6. The first-order chi connectivity index (χ1) is 12.2. The first-order valence-electron chi connectivity index (χ1n) is 7.90. The summed E-state index contributed by atoms with van der Waals surface area (Å²) in [6, 6.07) is 16.1. The molecule has 0 amide bonds. The van der Waals surface area contributed by atoms with Gasteiger partial charge in [0, 0.05) is 13.0 Å². The molecule has 0 N–H and O–H groups in total. The summed E-state index contributed by atoms with van der Waals surface area (Å²) in [6.07, 6.45) is 0.671. The van der Waals surface area contributed by atoms with Crippen LogP contribution in [0.2, 0.25) is 0 Å². The molecule has 0 aliphatic heterocycles. The molecule has 25 heavy (non-hydrogen) atoms. The number of aromatic nitrogens is 1. The van der Waals surface area contributed by atoms with Crippen molar-refractivity contribution in [3.05, 3.63) is 70.2 Å². The van der Waals surface area contributed by atoms with E-state index in [2.05, 4.69) is 0 Å². The van der Waals surface area contributed by atoms with Gasteiger partial charge < -0.3 is 9.15 Å². The highest BCUT2D eigenvalue weighted by Crippen LogP contribution is 2.13. The van der Waals surface area contributed by atoms with Crippen molar-refractivity contribution in [3.63, 3.8) is 0 Å². The fraction of sp³-hybridized carbons (Fsp3) is 0.211. The van der Waals surface area contributed by atoms with Crippen molar-refractivity contribution in [3.8, 4) is 6.07 Å². The van der Waals surface area contributed by atoms with Crippen molar-refractivity contribution < 1.29 is 13.9 Å². The van der Waals surface area contributed by atoms with Crippen LogP contribution >= 0.6 is 0 Å². The molecule has 1 heterocycles. The lowest BCUT2D eigenvalue weighted by atomic mass is 10.1. The zero-order valence-corrected chi connectivity index (χ0v) is 13.5. The lowest BCUT2D eigenvalue weighted by molar-refractivity contribution is -0.145. The first-order valence-corrected chi connectivity index (χ1v) is 7.90. The maximum absolute atomic E-state index is 11.8. The molecule has 3 rings (SSSR count). The van der Waals surface area contributed by atoms with Gasteiger partial charge in [-0.15, -0.1) is 0 Å². The average molecular weight is 336 g/mol. The van der Waals surface area contributed by atoms with E-state index in [0.717, 1.165) is 5.56 Å². The van der Waals surface area contributed by atoms with Gasteiger partial charge in [0.25, 0.3) is 0 Å². The average Bonchev–Trinajstić information content (AvgIpc) is 2.96. The second-order valence-electron chi connectivity index (χ2n) is 5.56. The highest BCUT2D eigenvalue weighted by molar-refractivity contribution is 5.72. The summed E-state index contributed by atoms with van der Waals surface area (Å²) in [4.78, 5) is 23.7. The number of para-hydroxylation sites is 2. The summed E-state index contributed by atoms with van der Waals surface area (Å²) in [6.45, 7) is 0.512. The van der Waals surface area contributed by atoms with Crippen LogP contribution in [0.15, 0.2) is 57.7 Å². The van der Waals surface area contributed by atoms with E-state index in [4.69, 9.17) is 14.4 Å². The molecule has 0 bridgehead atoms. The molecule has 0 aliphatic carbocycles. The van der Waals surface area contributed by atoms with Crippen LogP contribution < -0.4 is 5.76 Å². The molecule has 126 valence electrons. The van der Waals surface area contributed by atoms with Gasteiger partial charge in [0.2, 0.25) is 0 Å². The number of benzene rings is 2. The number of nitrogens with zero attached hydrogens (tertiary/aromatic N) is 2. The lowest BCUT2D eigenvalue weighted by Gasteiger charge is -2.06. The Balaban J connectivity index is 1.51. The van der Waals surface area contributed by atoms with Gasteiger partial charge in [-0.2, -0.15) is 5.26 Å². The number of esters is 1. The Bertz CT molecular complexity index is 994. The van der Waals surface area contributed by atoms with Crippen molar-refractivity contribution in [2.24, 2.45) is 0 Å². The number of fused-ring (bicyclic) bond motifs is 1. The normalized spacial score (nSPS) is 10.5. The van der Waals surface area contributed by atoms with Crippen LogP contribution in [-0.4, -0.2) is 10.5 Å². The maximum Gasteiger partial charge on any atom is 0.419 e. The molecule has 0 atom stereocenters. The molecule has 6 heteroatoms. The van der Waals surface area contributed by atoms with Crippen LogP contribution in [0.3, 0.4) is 0 Å². The van der Waals surface area contributed by atoms with Crippen LogP contribution in [0.1, 0.15) is 24.0 Å². The lowest BCUT2D eigenvalue weighted by Crippen LogP contribution is -2.15. The van der Waals surface area contributed by atoms with E-state index in [9.17, 15) is 9.59 Å². The monoisotopic (exact) mass is 336 g/mol. The number of oxazole rings is 1. The summed E-state index contributed by atoms with van der Waals surface area (Å²) >= 11 is 0. The van der Waals surface area contributed by atoms with Crippen molar-refractivity contribution in [1.29, 1.82) is 5.26 Å². The molecule has 0 saturated carbocycles. The molecule has 0 unspecified atom stereocenters. The summed E-state index contributed by atoms with van der Waals surface area (Å²) in [5.74, 6) is -0.772. The molecule has 1 aromatic heterocycles. The number of aryl methyl sites for hydroxylation is 1. The van der Waals surface area contributed by atoms with Crippen LogP contribution in [0.5, 0.6) is 0 Å². The molecule has 2 aromatic carbocycles. The Kier molecular flexibility index (Phi) is 4.95. The van der Waals surface area contributed by atoms with E-state index < -0.39 is 5.76 Å². The predicted molar refractivity (Wildman–Crippen MR) is 90.7 cm³/mol. The molecule has 0 radical (unpaired) electrons. The third kappa shape index (κ3) is 3.96. The number of hydrogen-bond acceptors (Lipinski definition) is 5. The zero-order valence-electron chi connectivity index (χ0n) is 13.5. The topological polar surface area (TPSA) is 85.2 Å². The predicted octanol–water partition coefficient (Wildman–Crippen LogP) is 2.99. The molecule has 0 spiro atoms. The largest absolute Gasteiger partial charge is 0.461 e. The van der Waals surface area contributed by atoms with Gasteiger partial charge in [-0.25, -0.2) is 4.79 Å². The van der Waals surface area contributed by atoms with Crippen LogP contribution in [0.4, 0.5) is 0 Å². The van der Waals surface area contributed by atoms with E-state index >= 15 is 0 Å². The van der Waals surface area contributed by atoms with E-state index in [0.29, 0.717) is 29.6 Å². The molecule has 3 aromatic rings. The van der Waals surface area contributed by atoms with E-state index in [-0.39, 0.29) is 19.0 Å². The van der Waals surface area contributed by atoms with Crippen molar-refractivity contribution >= 4 is 17.1 Å². The van der Waals surface area contributed by atoms with E-state index in [1.54, 1.807) is 42.5 Å². The fourth-order valence-corrected chi connectivity index (χ4v) is 2.57. The fourth-order valence-electron chi connectivity index (χ4n) is 2.57. The number of nitriles is 1. The Labute approximate surface area is 143 Å². The van der Waals surface area contributed by atoms with Crippen molar-refractivity contribution in [2.45, 2.75) is 26.0 Å². The van der Waals surface area contributed by atoms with Gasteiger partial charge >= 0.3 is 11.7 Å². The van der Waals surface area contributed by atoms with Gasteiger partial charge in [0.05, 0.1) is 17.1 Å². The minimum atomic E-state index is -0.428. The molecular weight excluding hydrogens is 320 g/mol. The summed E-state index contributed by atoms with van der Waals surface area (Å²) < 4.78 is 11.9. The summed E-state index contributed by atoms with van der Waals surface area (Å²) in [7, 11) is 0. The molecule has 6 nitrogen and oxygen atoms in total.